The lowest BCUT2D eigenvalue weighted by molar-refractivity contribution is 0.514. The maximum Gasteiger partial charge on any atom is 0.0318 e. The second kappa shape index (κ2) is 4.42. The first-order chi connectivity index (χ1) is 6.02. The average Bonchev–Trinajstić information content (AvgIpc) is 2.08. The topological polar surface area (TPSA) is 26.0 Å². The second-order valence-corrected chi connectivity index (χ2v) is 4.94. The van der Waals surface area contributed by atoms with E-state index >= 15 is 0 Å². The van der Waals surface area contributed by atoms with Crippen molar-refractivity contribution in [3.63, 3.8) is 0 Å². The van der Waals surface area contributed by atoms with Crippen LogP contribution in [-0.2, 0) is 0 Å². The number of rotatable bonds is 2. The number of aryl methyl sites for hydroxylation is 1. The van der Waals surface area contributed by atoms with E-state index in [2.05, 4.69) is 61.6 Å². The molecule has 0 aliphatic heterocycles. The van der Waals surface area contributed by atoms with Gasteiger partial charge in [0, 0.05) is 9.61 Å². The summed E-state index contributed by atoms with van der Waals surface area (Å²) < 4.78 is 1.30. The van der Waals surface area contributed by atoms with Crippen LogP contribution in [0.4, 0.5) is 0 Å². The van der Waals surface area contributed by atoms with Gasteiger partial charge in [0.25, 0.3) is 0 Å². The van der Waals surface area contributed by atoms with Crippen LogP contribution in [0.25, 0.3) is 0 Å². The van der Waals surface area contributed by atoms with E-state index in [9.17, 15) is 0 Å². The molecule has 0 bridgehead atoms. The van der Waals surface area contributed by atoms with Crippen LogP contribution in [0.3, 0.4) is 0 Å². The Hall–Kier alpha value is -0.0900. The Morgan fingerprint density at radius 3 is 2.38 bits per heavy atom. The fourth-order valence-corrected chi connectivity index (χ4v) is 1.74. The number of nitrogens with two attached hydrogens (primary N) is 1. The summed E-state index contributed by atoms with van der Waals surface area (Å²) in [4.78, 5) is 0. The molecule has 0 radical (unpaired) electrons. The Morgan fingerprint density at radius 2 is 1.92 bits per heavy atom. The molecule has 72 valence electrons. The van der Waals surface area contributed by atoms with Gasteiger partial charge in [0.1, 0.15) is 0 Å². The Labute approximate surface area is 93.9 Å². The fraction of sp³-hybridized carbons (Fsp3) is 0.455. The summed E-state index contributed by atoms with van der Waals surface area (Å²) in [5, 5.41) is 0. The van der Waals surface area contributed by atoms with Crippen LogP contribution >= 0.6 is 22.6 Å². The van der Waals surface area contributed by atoms with Gasteiger partial charge in [-0.05, 0) is 52.6 Å². The first kappa shape index (κ1) is 11.0. The van der Waals surface area contributed by atoms with Crippen molar-refractivity contribution in [1.82, 2.24) is 0 Å². The molecule has 0 spiro atoms. The minimum Gasteiger partial charge on any atom is -0.324 e. The van der Waals surface area contributed by atoms with Gasteiger partial charge < -0.3 is 5.73 Å². The monoisotopic (exact) mass is 289 g/mol. The minimum absolute atomic E-state index is 0.161. The summed E-state index contributed by atoms with van der Waals surface area (Å²) in [6, 6.07) is 6.61. The van der Waals surface area contributed by atoms with E-state index in [1.807, 2.05) is 0 Å². The highest BCUT2D eigenvalue weighted by Gasteiger charge is 2.10. The van der Waals surface area contributed by atoms with E-state index in [-0.39, 0.29) is 6.04 Å². The number of hydrogen-bond acceptors (Lipinski definition) is 1. The van der Waals surface area contributed by atoms with Gasteiger partial charge in [-0.2, -0.15) is 0 Å². The Bertz CT molecular complexity index is 294. The van der Waals surface area contributed by atoms with E-state index in [0.717, 1.165) is 0 Å². The highest BCUT2D eigenvalue weighted by molar-refractivity contribution is 14.1. The molecule has 1 unspecified atom stereocenters. The highest BCUT2D eigenvalue weighted by atomic mass is 127. The highest BCUT2D eigenvalue weighted by Crippen LogP contribution is 2.22. The Balaban J connectivity index is 2.97. The van der Waals surface area contributed by atoms with Crippen molar-refractivity contribution >= 4 is 22.6 Å². The Morgan fingerprint density at radius 1 is 1.31 bits per heavy atom. The molecule has 1 aromatic carbocycles. The van der Waals surface area contributed by atoms with Gasteiger partial charge in [-0.15, -0.1) is 0 Å². The molecule has 2 N–H and O–H groups in total. The Kier molecular flexibility index (Phi) is 3.74. The van der Waals surface area contributed by atoms with Gasteiger partial charge >= 0.3 is 0 Å². The van der Waals surface area contributed by atoms with Gasteiger partial charge in [0.2, 0.25) is 0 Å². The zero-order valence-corrected chi connectivity index (χ0v) is 10.5. The smallest absolute Gasteiger partial charge is 0.0318 e. The van der Waals surface area contributed by atoms with Crippen LogP contribution in [0, 0.1) is 16.4 Å². The van der Waals surface area contributed by atoms with Gasteiger partial charge in [-0.1, -0.05) is 26.0 Å². The van der Waals surface area contributed by atoms with Gasteiger partial charge in [-0.3, -0.25) is 0 Å². The van der Waals surface area contributed by atoms with Crippen molar-refractivity contribution in [3.05, 3.63) is 32.9 Å². The summed E-state index contributed by atoms with van der Waals surface area (Å²) in [6.45, 7) is 6.42. The largest absolute Gasteiger partial charge is 0.324 e. The molecule has 0 saturated heterocycles. The van der Waals surface area contributed by atoms with Gasteiger partial charge in [0.15, 0.2) is 0 Å². The standard InChI is InChI=1S/C11H16IN/c1-7(2)11(13)9-5-4-8(3)10(12)6-9/h4-7,11H,13H2,1-3H3. The molecular weight excluding hydrogens is 273 g/mol. The van der Waals surface area contributed by atoms with E-state index in [4.69, 9.17) is 5.73 Å². The first-order valence-electron chi connectivity index (χ1n) is 4.54. The maximum absolute atomic E-state index is 6.05. The van der Waals surface area contributed by atoms with Crippen molar-refractivity contribution in [2.45, 2.75) is 26.8 Å². The zero-order valence-electron chi connectivity index (χ0n) is 8.34. The summed E-state index contributed by atoms with van der Waals surface area (Å²) in [6.07, 6.45) is 0. The average molecular weight is 289 g/mol. The van der Waals surface area contributed by atoms with E-state index < -0.39 is 0 Å². The zero-order chi connectivity index (χ0) is 10.0. The lowest BCUT2D eigenvalue weighted by atomic mass is 9.96. The molecule has 0 aliphatic carbocycles. The minimum atomic E-state index is 0.161. The number of halogens is 1. The molecule has 13 heavy (non-hydrogen) atoms. The van der Waals surface area contributed by atoms with Crippen LogP contribution in [0.1, 0.15) is 31.0 Å². The lowest BCUT2D eigenvalue weighted by Crippen LogP contribution is -2.16. The number of hydrogen-bond donors (Lipinski definition) is 1. The molecule has 0 aliphatic rings. The number of benzene rings is 1. The molecule has 0 heterocycles. The molecule has 1 aromatic rings. The summed E-state index contributed by atoms with van der Waals surface area (Å²) in [7, 11) is 0. The van der Waals surface area contributed by atoms with Crippen molar-refractivity contribution < 1.29 is 0 Å². The predicted molar refractivity (Wildman–Crippen MR) is 65.7 cm³/mol. The van der Waals surface area contributed by atoms with Crippen LogP contribution < -0.4 is 5.73 Å². The quantitative estimate of drug-likeness (QED) is 0.831. The second-order valence-electron chi connectivity index (χ2n) is 3.78. The normalized spacial score (nSPS) is 13.4. The molecule has 0 amide bonds. The van der Waals surface area contributed by atoms with Crippen LogP contribution in [-0.4, -0.2) is 0 Å². The van der Waals surface area contributed by atoms with Crippen molar-refractivity contribution in [2.75, 3.05) is 0 Å². The van der Waals surface area contributed by atoms with E-state index in [1.54, 1.807) is 0 Å². The van der Waals surface area contributed by atoms with E-state index in [1.165, 1.54) is 14.7 Å². The van der Waals surface area contributed by atoms with Crippen molar-refractivity contribution in [2.24, 2.45) is 11.7 Å². The van der Waals surface area contributed by atoms with Crippen LogP contribution in [0.5, 0.6) is 0 Å². The van der Waals surface area contributed by atoms with Crippen LogP contribution in [0.2, 0.25) is 0 Å². The third-order valence-corrected chi connectivity index (χ3v) is 3.46. The SMILES string of the molecule is Cc1ccc(C(N)C(C)C)cc1I. The molecule has 1 nitrogen and oxygen atoms in total. The maximum atomic E-state index is 6.05. The molecule has 0 saturated carbocycles. The van der Waals surface area contributed by atoms with Crippen LogP contribution in [0.15, 0.2) is 18.2 Å². The lowest BCUT2D eigenvalue weighted by Gasteiger charge is -2.16. The summed E-state index contributed by atoms with van der Waals surface area (Å²) >= 11 is 2.35. The van der Waals surface area contributed by atoms with E-state index in [0.29, 0.717) is 5.92 Å². The fourth-order valence-electron chi connectivity index (χ4n) is 1.20. The summed E-state index contributed by atoms with van der Waals surface area (Å²) in [5.74, 6) is 0.499. The molecule has 1 rings (SSSR count). The van der Waals surface area contributed by atoms with Gasteiger partial charge in [0.05, 0.1) is 0 Å². The predicted octanol–water partition coefficient (Wildman–Crippen LogP) is 3.26. The molecule has 0 fully saturated rings. The third kappa shape index (κ3) is 2.68. The van der Waals surface area contributed by atoms with Gasteiger partial charge in [-0.25, -0.2) is 0 Å². The molecular formula is C11H16IN. The van der Waals surface area contributed by atoms with Crippen molar-refractivity contribution in [1.29, 1.82) is 0 Å². The third-order valence-electron chi connectivity index (χ3n) is 2.30. The van der Waals surface area contributed by atoms with Crippen molar-refractivity contribution in [3.8, 4) is 0 Å². The molecule has 1 atom stereocenters. The molecule has 2 heteroatoms. The molecule has 0 aromatic heterocycles. The summed E-state index contributed by atoms with van der Waals surface area (Å²) in [5.41, 5.74) is 8.61. The first-order valence-corrected chi connectivity index (χ1v) is 5.62.